The number of benzene rings is 1. The zero-order chi connectivity index (χ0) is 15.0. The predicted octanol–water partition coefficient (Wildman–Crippen LogP) is 3.73. The van der Waals surface area contributed by atoms with Crippen LogP contribution in [-0.4, -0.2) is 14.9 Å². The minimum absolute atomic E-state index is 0.139. The summed E-state index contributed by atoms with van der Waals surface area (Å²) >= 11 is 6.24. The van der Waals surface area contributed by atoms with E-state index in [9.17, 15) is 9.50 Å². The van der Waals surface area contributed by atoms with Gasteiger partial charge in [0.1, 0.15) is 17.1 Å². The summed E-state index contributed by atoms with van der Waals surface area (Å²) in [5, 5.41) is 15.3. The molecule has 1 heterocycles. The van der Waals surface area contributed by atoms with Crippen LogP contribution in [0.3, 0.4) is 0 Å². The average molecular weight is 297 g/mol. The summed E-state index contributed by atoms with van der Waals surface area (Å²) in [6.45, 7) is 5.65. The van der Waals surface area contributed by atoms with Gasteiger partial charge in [-0.3, -0.25) is 4.68 Å². The van der Waals surface area contributed by atoms with Gasteiger partial charge in [0.2, 0.25) is 0 Å². The van der Waals surface area contributed by atoms with Crippen LogP contribution in [0.25, 0.3) is 0 Å². The Morgan fingerprint density at radius 2 is 2.00 bits per heavy atom. The summed E-state index contributed by atoms with van der Waals surface area (Å²) in [6, 6.07) is 4.56. The van der Waals surface area contributed by atoms with Gasteiger partial charge in [-0.15, -0.1) is 0 Å². The van der Waals surface area contributed by atoms with Crippen molar-refractivity contribution in [2.24, 2.45) is 7.05 Å². The van der Waals surface area contributed by atoms with Crippen LogP contribution in [0, 0.1) is 12.7 Å². The summed E-state index contributed by atoms with van der Waals surface area (Å²) in [5.41, 5.74) is 2.45. The highest BCUT2D eigenvalue weighted by molar-refractivity contribution is 6.30. The lowest BCUT2D eigenvalue weighted by Crippen LogP contribution is -2.05. The average Bonchev–Trinajstić information content (AvgIpc) is 2.69. The van der Waals surface area contributed by atoms with Crippen molar-refractivity contribution in [1.29, 1.82) is 0 Å². The Labute approximate surface area is 123 Å². The third-order valence-electron chi connectivity index (χ3n) is 3.36. The van der Waals surface area contributed by atoms with Crippen molar-refractivity contribution in [2.45, 2.75) is 32.8 Å². The molecule has 1 aromatic carbocycles. The van der Waals surface area contributed by atoms with E-state index in [0.29, 0.717) is 21.8 Å². The maximum Gasteiger partial charge on any atom is 0.133 e. The van der Waals surface area contributed by atoms with Gasteiger partial charge in [-0.2, -0.15) is 5.10 Å². The second-order valence-electron chi connectivity index (χ2n) is 5.28. The lowest BCUT2D eigenvalue weighted by Gasteiger charge is -2.14. The molecule has 2 aromatic rings. The van der Waals surface area contributed by atoms with Gasteiger partial charge in [-0.05, 0) is 30.0 Å². The van der Waals surface area contributed by atoms with Crippen molar-refractivity contribution in [3.05, 3.63) is 51.6 Å². The maximum absolute atomic E-state index is 13.3. The lowest BCUT2D eigenvalue weighted by molar-refractivity contribution is 0.218. The molecule has 0 saturated heterocycles. The first-order valence-electron chi connectivity index (χ1n) is 6.49. The number of rotatable bonds is 3. The smallest absolute Gasteiger partial charge is 0.133 e. The molecule has 20 heavy (non-hydrogen) atoms. The molecule has 0 amide bonds. The molecule has 1 N–H and O–H groups in total. The van der Waals surface area contributed by atoms with Gasteiger partial charge in [0.05, 0.1) is 5.69 Å². The van der Waals surface area contributed by atoms with Gasteiger partial charge in [-0.25, -0.2) is 4.39 Å². The van der Waals surface area contributed by atoms with Crippen LogP contribution in [0.4, 0.5) is 4.39 Å². The predicted molar refractivity (Wildman–Crippen MR) is 77.5 cm³/mol. The van der Waals surface area contributed by atoms with E-state index in [1.807, 2.05) is 13.8 Å². The zero-order valence-corrected chi connectivity index (χ0v) is 12.7. The standard InChI is InChI=1S/C15H18ClFN2O/c1-8(2)13-12(15(16)19(4)18-13)14(20)10-5-6-11(17)9(3)7-10/h5-8,14,20H,1-4H3. The van der Waals surface area contributed by atoms with E-state index in [4.69, 9.17) is 11.6 Å². The molecule has 1 unspecified atom stereocenters. The van der Waals surface area contributed by atoms with Crippen LogP contribution < -0.4 is 0 Å². The van der Waals surface area contributed by atoms with Gasteiger partial charge in [0, 0.05) is 12.6 Å². The zero-order valence-electron chi connectivity index (χ0n) is 12.0. The van der Waals surface area contributed by atoms with E-state index in [2.05, 4.69) is 5.10 Å². The second kappa shape index (κ2) is 5.54. The van der Waals surface area contributed by atoms with Gasteiger partial charge in [0.25, 0.3) is 0 Å². The van der Waals surface area contributed by atoms with E-state index < -0.39 is 6.10 Å². The summed E-state index contributed by atoms with van der Waals surface area (Å²) in [7, 11) is 1.74. The minimum atomic E-state index is -0.909. The Morgan fingerprint density at radius 3 is 2.55 bits per heavy atom. The van der Waals surface area contributed by atoms with Gasteiger partial charge < -0.3 is 5.11 Å². The van der Waals surface area contributed by atoms with Gasteiger partial charge in [-0.1, -0.05) is 37.6 Å². The molecule has 0 aliphatic carbocycles. The number of hydrogen-bond donors (Lipinski definition) is 1. The monoisotopic (exact) mass is 296 g/mol. The summed E-state index contributed by atoms with van der Waals surface area (Å²) in [4.78, 5) is 0. The normalized spacial score (nSPS) is 13.0. The number of nitrogens with zero attached hydrogens (tertiary/aromatic N) is 2. The Balaban J connectivity index is 2.52. The molecule has 0 aliphatic rings. The molecular formula is C15H18ClFN2O. The van der Waals surface area contributed by atoms with Crippen LogP contribution in [0.5, 0.6) is 0 Å². The molecule has 1 atom stereocenters. The summed E-state index contributed by atoms with van der Waals surface area (Å²) in [6.07, 6.45) is -0.909. The SMILES string of the molecule is Cc1cc(C(O)c2c(C(C)C)nn(C)c2Cl)ccc1F. The number of aryl methyl sites for hydroxylation is 2. The van der Waals surface area contributed by atoms with E-state index in [1.54, 1.807) is 30.8 Å². The van der Waals surface area contributed by atoms with Crippen molar-refractivity contribution < 1.29 is 9.50 Å². The first kappa shape index (κ1) is 15.0. The largest absolute Gasteiger partial charge is 0.383 e. The molecule has 5 heteroatoms. The highest BCUT2D eigenvalue weighted by Crippen LogP contribution is 2.34. The summed E-state index contributed by atoms with van der Waals surface area (Å²) < 4.78 is 14.9. The van der Waals surface area contributed by atoms with Crippen molar-refractivity contribution in [1.82, 2.24) is 9.78 Å². The van der Waals surface area contributed by atoms with Crippen LogP contribution in [-0.2, 0) is 7.05 Å². The first-order chi connectivity index (χ1) is 9.32. The molecule has 0 spiro atoms. The van der Waals surface area contributed by atoms with E-state index >= 15 is 0 Å². The highest BCUT2D eigenvalue weighted by Gasteiger charge is 2.25. The van der Waals surface area contributed by atoms with E-state index in [-0.39, 0.29) is 11.7 Å². The Bertz CT molecular complexity index is 637. The third-order valence-corrected chi connectivity index (χ3v) is 3.81. The highest BCUT2D eigenvalue weighted by atomic mass is 35.5. The van der Waals surface area contributed by atoms with Gasteiger partial charge >= 0.3 is 0 Å². The van der Waals surface area contributed by atoms with E-state index in [0.717, 1.165) is 5.69 Å². The third kappa shape index (κ3) is 2.58. The van der Waals surface area contributed by atoms with Crippen LogP contribution in [0.15, 0.2) is 18.2 Å². The van der Waals surface area contributed by atoms with Crippen molar-refractivity contribution in [3.63, 3.8) is 0 Å². The molecule has 1 aromatic heterocycles. The Morgan fingerprint density at radius 1 is 1.35 bits per heavy atom. The number of aromatic nitrogens is 2. The van der Waals surface area contributed by atoms with Crippen molar-refractivity contribution in [3.8, 4) is 0 Å². The molecule has 108 valence electrons. The fourth-order valence-electron chi connectivity index (χ4n) is 2.22. The Kier molecular flexibility index (Phi) is 4.16. The molecule has 0 radical (unpaired) electrons. The minimum Gasteiger partial charge on any atom is -0.383 e. The maximum atomic E-state index is 13.3. The quantitative estimate of drug-likeness (QED) is 0.937. The second-order valence-corrected chi connectivity index (χ2v) is 5.64. The molecule has 0 aliphatic heterocycles. The summed E-state index contributed by atoms with van der Waals surface area (Å²) in [5.74, 6) is -0.151. The number of aliphatic hydroxyl groups excluding tert-OH is 1. The molecule has 0 fully saturated rings. The molecular weight excluding hydrogens is 279 g/mol. The lowest BCUT2D eigenvalue weighted by atomic mass is 9.96. The molecule has 2 rings (SSSR count). The van der Waals surface area contributed by atoms with Crippen LogP contribution >= 0.6 is 11.6 Å². The number of hydrogen-bond acceptors (Lipinski definition) is 2. The van der Waals surface area contributed by atoms with Crippen LogP contribution in [0.1, 0.15) is 48.3 Å². The number of halogens is 2. The first-order valence-corrected chi connectivity index (χ1v) is 6.87. The topological polar surface area (TPSA) is 38.1 Å². The molecule has 3 nitrogen and oxygen atoms in total. The fraction of sp³-hybridized carbons (Fsp3) is 0.400. The van der Waals surface area contributed by atoms with Gasteiger partial charge in [0.15, 0.2) is 0 Å². The molecule has 0 bridgehead atoms. The fourth-order valence-corrected chi connectivity index (χ4v) is 2.46. The van der Waals surface area contributed by atoms with Crippen molar-refractivity contribution in [2.75, 3.05) is 0 Å². The van der Waals surface area contributed by atoms with Crippen LogP contribution in [0.2, 0.25) is 5.15 Å². The van der Waals surface area contributed by atoms with E-state index in [1.165, 1.54) is 6.07 Å². The molecule has 0 saturated carbocycles. The van der Waals surface area contributed by atoms with Crippen molar-refractivity contribution >= 4 is 11.6 Å². The Hall–Kier alpha value is -1.39. The number of aliphatic hydroxyl groups is 1.